The molecule has 0 saturated carbocycles. The summed E-state index contributed by atoms with van der Waals surface area (Å²) in [6, 6.07) is 0. The highest BCUT2D eigenvalue weighted by Crippen LogP contribution is 2.30. The van der Waals surface area contributed by atoms with Crippen LogP contribution in [0.3, 0.4) is 0 Å². The molecule has 1 heteroatoms. The second-order valence-corrected chi connectivity index (χ2v) is 4.89. The van der Waals surface area contributed by atoms with Gasteiger partial charge in [-0.15, -0.1) is 0 Å². The highest BCUT2D eigenvalue weighted by molar-refractivity contribution is 7.99. The third-order valence-corrected chi connectivity index (χ3v) is 3.71. The predicted octanol–water partition coefficient (Wildman–Crippen LogP) is 3.73. The number of hydrogen-bond donors (Lipinski definition) is 0. The molecule has 0 heterocycles. The van der Waals surface area contributed by atoms with Crippen LogP contribution in [0.15, 0.2) is 12.2 Å². The van der Waals surface area contributed by atoms with Crippen LogP contribution >= 0.6 is 11.8 Å². The van der Waals surface area contributed by atoms with Gasteiger partial charge in [-0.25, -0.2) is 0 Å². The van der Waals surface area contributed by atoms with E-state index in [-0.39, 0.29) is 0 Å². The third-order valence-electron chi connectivity index (χ3n) is 2.28. The molecule has 66 valence electrons. The summed E-state index contributed by atoms with van der Waals surface area (Å²) in [4.78, 5) is 0. The lowest BCUT2D eigenvalue weighted by atomic mass is 9.96. The van der Waals surface area contributed by atoms with Crippen LogP contribution in [0.2, 0.25) is 0 Å². The van der Waals surface area contributed by atoms with E-state index in [2.05, 4.69) is 46.1 Å². The van der Waals surface area contributed by atoms with Crippen LogP contribution in [-0.2, 0) is 0 Å². The Morgan fingerprint density at radius 1 is 1.45 bits per heavy atom. The lowest BCUT2D eigenvalue weighted by Crippen LogP contribution is -2.22. The predicted molar refractivity (Wildman–Crippen MR) is 56.2 cm³/mol. The first-order chi connectivity index (χ1) is 5.04. The SMILES string of the molecule is CCC=CC(C)C(C)(C)SC. The molecule has 1 atom stereocenters. The molecule has 11 heavy (non-hydrogen) atoms. The molecule has 0 aromatic heterocycles. The molecule has 0 aliphatic heterocycles. The van der Waals surface area contributed by atoms with E-state index in [1.807, 2.05) is 11.8 Å². The van der Waals surface area contributed by atoms with Crippen molar-refractivity contribution in [2.24, 2.45) is 5.92 Å². The molecule has 0 aromatic rings. The van der Waals surface area contributed by atoms with E-state index >= 15 is 0 Å². The fourth-order valence-electron chi connectivity index (χ4n) is 0.758. The van der Waals surface area contributed by atoms with Gasteiger partial charge in [0.2, 0.25) is 0 Å². The molecule has 0 rings (SSSR count). The fraction of sp³-hybridized carbons (Fsp3) is 0.800. The van der Waals surface area contributed by atoms with Gasteiger partial charge in [0.05, 0.1) is 0 Å². The molecule has 0 nitrogen and oxygen atoms in total. The molecule has 1 unspecified atom stereocenters. The zero-order valence-electron chi connectivity index (χ0n) is 8.35. The highest BCUT2D eigenvalue weighted by Gasteiger charge is 2.21. The molecule has 0 aliphatic carbocycles. The monoisotopic (exact) mass is 172 g/mol. The Labute approximate surface area is 75.5 Å². The van der Waals surface area contributed by atoms with Crippen molar-refractivity contribution in [1.82, 2.24) is 0 Å². The van der Waals surface area contributed by atoms with Crippen molar-refractivity contribution < 1.29 is 0 Å². The summed E-state index contributed by atoms with van der Waals surface area (Å²) in [6.45, 7) is 9.04. The van der Waals surface area contributed by atoms with Gasteiger partial charge >= 0.3 is 0 Å². The summed E-state index contributed by atoms with van der Waals surface area (Å²) in [5.41, 5.74) is 0. The molecule has 0 saturated heterocycles. The molecule has 0 radical (unpaired) electrons. The van der Waals surface area contributed by atoms with E-state index in [1.165, 1.54) is 0 Å². The molecular weight excluding hydrogens is 152 g/mol. The van der Waals surface area contributed by atoms with Gasteiger partial charge in [-0.05, 0) is 18.6 Å². The normalized spacial score (nSPS) is 15.7. The maximum atomic E-state index is 2.32. The summed E-state index contributed by atoms with van der Waals surface area (Å²) in [7, 11) is 0. The topological polar surface area (TPSA) is 0 Å². The van der Waals surface area contributed by atoms with Crippen molar-refractivity contribution in [3.05, 3.63) is 12.2 Å². The van der Waals surface area contributed by atoms with Crippen molar-refractivity contribution in [3.63, 3.8) is 0 Å². The van der Waals surface area contributed by atoms with Crippen LogP contribution in [0, 0.1) is 5.92 Å². The van der Waals surface area contributed by atoms with Crippen molar-refractivity contribution in [2.75, 3.05) is 6.26 Å². The van der Waals surface area contributed by atoms with E-state index in [0.29, 0.717) is 10.7 Å². The van der Waals surface area contributed by atoms with E-state index < -0.39 is 0 Å². The Kier molecular flexibility index (Phi) is 4.91. The fourth-order valence-corrected chi connectivity index (χ4v) is 1.21. The first-order valence-corrected chi connectivity index (χ1v) is 5.49. The first-order valence-electron chi connectivity index (χ1n) is 4.26. The van der Waals surface area contributed by atoms with Gasteiger partial charge in [-0.2, -0.15) is 11.8 Å². The molecular formula is C10H20S. The molecule has 0 aliphatic rings. The zero-order valence-corrected chi connectivity index (χ0v) is 9.16. The molecule has 0 bridgehead atoms. The van der Waals surface area contributed by atoms with E-state index in [9.17, 15) is 0 Å². The second-order valence-electron chi connectivity index (χ2n) is 3.43. The van der Waals surface area contributed by atoms with Gasteiger partial charge in [-0.3, -0.25) is 0 Å². The first kappa shape index (κ1) is 11.1. The molecule has 0 fully saturated rings. The Hall–Kier alpha value is 0.0900. The Balaban J connectivity index is 4.00. The van der Waals surface area contributed by atoms with Crippen LogP contribution < -0.4 is 0 Å². The Morgan fingerprint density at radius 2 is 2.00 bits per heavy atom. The van der Waals surface area contributed by atoms with Gasteiger partial charge in [0.1, 0.15) is 0 Å². The lowest BCUT2D eigenvalue weighted by molar-refractivity contribution is 0.555. The minimum absolute atomic E-state index is 0.381. The molecule has 0 N–H and O–H groups in total. The van der Waals surface area contributed by atoms with Gasteiger partial charge in [0.25, 0.3) is 0 Å². The van der Waals surface area contributed by atoms with Crippen molar-refractivity contribution >= 4 is 11.8 Å². The van der Waals surface area contributed by atoms with Crippen LogP contribution in [-0.4, -0.2) is 11.0 Å². The summed E-state index contributed by atoms with van der Waals surface area (Å²) in [6.07, 6.45) is 7.89. The van der Waals surface area contributed by atoms with Gasteiger partial charge < -0.3 is 0 Å². The second kappa shape index (κ2) is 4.87. The smallest absolute Gasteiger partial charge is 0.0160 e. The highest BCUT2D eigenvalue weighted by atomic mass is 32.2. The van der Waals surface area contributed by atoms with E-state index in [1.54, 1.807) is 0 Å². The van der Waals surface area contributed by atoms with Crippen molar-refractivity contribution in [2.45, 2.75) is 38.9 Å². The Bertz CT molecular complexity index is 125. The van der Waals surface area contributed by atoms with Crippen LogP contribution in [0.4, 0.5) is 0 Å². The van der Waals surface area contributed by atoms with Gasteiger partial charge in [-0.1, -0.05) is 39.8 Å². The summed E-state index contributed by atoms with van der Waals surface area (Å²) >= 11 is 1.93. The summed E-state index contributed by atoms with van der Waals surface area (Å²) in [5, 5.41) is 0. The summed E-state index contributed by atoms with van der Waals surface area (Å²) in [5.74, 6) is 0.664. The van der Waals surface area contributed by atoms with Crippen LogP contribution in [0.5, 0.6) is 0 Å². The van der Waals surface area contributed by atoms with Crippen molar-refractivity contribution in [1.29, 1.82) is 0 Å². The third kappa shape index (κ3) is 3.85. The summed E-state index contributed by atoms with van der Waals surface area (Å²) < 4.78 is 0.381. The zero-order chi connectivity index (χ0) is 8.91. The number of allylic oxidation sites excluding steroid dienone is 2. The van der Waals surface area contributed by atoms with Crippen molar-refractivity contribution in [3.8, 4) is 0 Å². The van der Waals surface area contributed by atoms with Gasteiger partial charge in [0.15, 0.2) is 0 Å². The van der Waals surface area contributed by atoms with Gasteiger partial charge in [0, 0.05) is 4.75 Å². The maximum Gasteiger partial charge on any atom is 0.0160 e. The average Bonchev–Trinajstić information content (AvgIpc) is 2.00. The lowest BCUT2D eigenvalue weighted by Gasteiger charge is -2.27. The van der Waals surface area contributed by atoms with E-state index in [0.717, 1.165) is 6.42 Å². The van der Waals surface area contributed by atoms with Crippen LogP contribution in [0.25, 0.3) is 0 Å². The van der Waals surface area contributed by atoms with E-state index in [4.69, 9.17) is 0 Å². The maximum absolute atomic E-state index is 2.32. The molecule has 0 amide bonds. The standard InChI is InChI=1S/C10H20S/c1-6-7-8-9(2)10(3,4)11-5/h7-9H,6H2,1-5H3. The number of hydrogen-bond acceptors (Lipinski definition) is 1. The number of thioether (sulfide) groups is 1. The minimum Gasteiger partial charge on any atom is -0.159 e. The Morgan fingerprint density at radius 3 is 2.36 bits per heavy atom. The van der Waals surface area contributed by atoms with Crippen LogP contribution in [0.1, 0.15) is 34.1 Å². The minimum atomic E-state index is 0.381. The molecule has 0 spiro atoms. The number of rotatable bonds is 4. The average molecular weight is 172 g/mol. The molecule has 0 aromatic carbocycles. The quantitative estimate of drug-likeness (QED) is 0.582. The largest absolute Gasteiger partial charge is 0.159 e.